The number of rotatable bonds is 9. The molecule has 1 unspecified atom stereocenters. The van der Waals surface area contributed by atoms with Crippen LogP contribution < -0.4 is 0 Å². The van der Waals surface area contributed by atoms with Crippen LogP contribution in [-0.4, -0.2) is 35.5 Å². The number of hydrogen-bond acceptors (Lipinski definition) is 3. The molecule has 0 heterocycles. The molecule has 0 aromatic carbocycles. The molecule has 0 aliphatic heterocycles. The number of hydrogen-bond donors (Lipinski definition) is 3. The topological polar surface area (TPSA) is 40.5 Å². The second-order valence-corrected chi connectivity index (χ2v) is 8.11. The van der Waals surface area contributed by atoms with Crippen LogP contribution in [0.3, 0.4) is 0 Å². The molecule has 0 radical (unpaired) electrons. The Hall–Kier alpha value is 0.197. The molecule has 0 aromatic heterocycles. The minimum absolute atomic E-state index is 0.196. The van der Waals surface area contributed by atoms with Gasteiger partial charge >= 0.3 is 0 Å². The van der Waals surface area contributed by atoms with Crippen molar-refractivity contribution in [2.45, 2.75) is 63.3 Å². The largest absolute Gasteiger partial charge is 0.516 e. The van der Waals surface area contributed by atoms with Gasteiger partial charge in [0, 0.05) is 4.87 Å². The number of aliphatic hydroxyl groups is 2. The fourth-order valence-electron chi connectivity index (χ4n) is 1.65. The van der Waals surface area contributed by atoms with E-state index in [1.54, 1.807) is 0 Å². The average Bonchev–Trinajstić information content (AvgIpc) is 2.31. The molecule has 96 valence electrons. The first kappa shape index (κ1) is 16.2. The molecule has 4 heteroatoms. The van der Waals surface area contributed by atoms with Crippen LogP contribution in [0, 0.1) is 0 Å². The van der Waals surface area contributed by atoms with Crippen LogP contribution in [0.15, 0.2) is 0 Å². The van der Waals surface area contributed by atoms with E-state index in [2.05, 4.69) is 19.6 Å². The van der Waals surface area contributed by atoms with Crippen LogP contribution in [0.4, 0.5) is 0 Å². The molecule has 0 amide bonds. The van der Waals surface area contributed by atoms with E-state index in [-0.39, 0.29) is 16.8 Å². The normalized spacial score (nSPS) is 14.8. The third-order valence-electron chi connectivity index (χ3n) is 2.94. The quantitative estimate of drug-likeness (QED) is 0.340. The zero-order valence-corrected chi connectivity index (χ0v) is 12.5. The summed E-state index contributed by atoms with van der Waals surface area (Å²) in [5.41, 5.74) is 0. The van der Waals surface area contributed by atoms with Gasteiger partial charge in [0.15, 0.2) is 0 Å². The summed E-state index contributed by atoms with van der Waals surface area (Å²) in [7, 11) is -1.01. The molecule has 0 aromatic rings. The molecule has 0 spiro atoms. The molecular weight excluding hydrogens is 236 g/mol. The van der Waals surface area contributed by atoms with Crippen molar-refractivity contribution >= 4 is 26.4 Å². The lowest BCUT2D eigenvalue weighted by Gasteiger charge is -2.11. The minimum Gasteiger partial charge on any atom is -0.516 e. The molecule has 2 N–H and O–H groups in total. The van der Waals surface area contributed by atoms with Gasteiger partial charge in [0.2, 0.25) is 0 Å². The van der Waals surface area contributed by atoms with E-state index in [1.165, 1.54) is 38.5 Å². The molecule has 2 nitrogen and oxygen atoms in total. The lowest BCUT2D eigenvalue weighted by atomic mass is 10.1. The Kier molecular flexibility index (Phi) is 10.5. The van der Waals surface area contributed by atoms with Gasteiger partial charge in [0.25, 0.3) is 0 Å². The SMILES string of the molecule is CCCCCCCCC(S)/[Si](C)=C(\O)CO. The first-order valence-corrected chi connectivity index (χ1v) is 8.90. The van der Waals surface area contributed by atoms with Crippen LogP contribution in [-0.2, 0) is 0 Å². The van der Waals surface area contributed by atoms with Crippen LogP contribution >= 0.6 is 12.6 Å². The second-order valence-electron chi connectivity index (χ2n) is 4.36. The molecule has 0 saturated carbocycles. The van der Waals surface area contributed by atoms with E-state index < -0.39 is 8.41 Å². The minimum atomic E-state index is -1.01. The highest BCUT2D eigenvalue weighted by Gasteiger charge is 2.10. The van der Waals surface area contributed by atoms with Gasteiger partial charge in [0.1, 0.15) is 0 Å². The number of unbranched alkanes of at least 4 members (excludes halogenated alkanes) is 5. The predicted octanol–water partition coefficient (Wildman–Crippen LogP) is 2.78. The summed E-state index contributed by atoms with van der Waals surface area (Å²) in [5.74, 6) is 0. The van der Waals surface area contributed by atoms with Gasteiger partial charge in [0.05, 0.1) is 20.4 Å². The van der Waals surface area contributed by atoms with E-state index in [1.807, 2.05) is 6.55 Å². The van der Waals surface area contributed by atoms with Gasteiger partial charge in [-0.1, -0.05) is 52.0 Å². The Bertz CT molecular complexity index is 207. The smallest absolute Gasteiger partial charge is 0.0947 e. The van der Waals surface area contributed by atoms with Crippen molar-refractivity contribution in [1.29, 1.82) is 0 Å². The molecule has 0 bridgehead atoms. The third-order valence-corrected chi connectivity index (χ3v) is 6.71. The van der Waals surface area contributed by atoms with Gasteiger partial charge in [-0.05, 0) is 6.42 Å². The molecule has 16 heavy (non-hydrogen) atoms. The van der Waals surface area contributed by atoms with Crippen molar-refractivity contribution in [3.63, 3.8) is 0 Å². The first-order valence-electron chi connectivity index (χ1n) is 6.31. The lowest BCUT2D eigenvalue weighted by molar-refractivity contribution is 0.331. The van der Waals surface area contributed by atoms with E-state index in [0.717, 1.165) is 6.42 Å². The van der Waals surface area contributed by atoms with Crippen LogP contribution in [0.1, 0.15) is 51.9 Å². The van der Waals surface area contributed by atoms with Gasteiger partial charge in [-0.15, -0.1) is 0 Å². The number of thiol groups is 1. The maximum atomic E-state index is 9.43. The van der Waals surface area contributed by atoms with Crippen molar-refractivity contribution in [1.82, 2.24) is 0 Å². The van der Waals surface area contributed by atoms with E-state index in [4.69, 9.17) is 5.11 Å². The highest BCUT2D eigenvalue weighted by atomic mass is 32.1. The Balaban J connectivity index is 3.61. The number of aliphatic hydroxyl groups excluding tert-OH is 2. The predicted molar refractivity (Wildman–Crippen MR) is 76.4 cm³/mol. The van der Waals surface area contributed by atoms with Crippen molar-refractivity contribution in [3.8, 4) is 0 Å². The van der Waals surface area contributed by atoms with Gasteiger partial charge in [-0.25, -0.2) is 0 Å². The van der Waals surface area contributed by atoms with E-state index in [9.17, 15) is 5.11 Å². The van der Waals surface area contributed by atoms with Crippen molar-refractivity contribution in [3.05, 3.63) is 0 Å². The van der Waals surface area contributed by atoms with Gasteiger partial charge in [-0.3, -0.25) is 0 Å². The maximum absolute atomic E-state index is 9.43. The zero-order valence-electron chi connectivity index (χ0n) is 10.6. The Morgan fingerprint density at radius 3 is 2.31 bits per heavy atom. The zero-order chi connectivity index (χ0) is 12.4. The Morgan fingerprint density at radius 2 is 1.75 bits per heavy atom. The monoisotopic (exact) mass is 262 g/mol. The summed E-state index contributed by atoms with van der Waals surface area (Å²) >= 11 is 4.52. The van der Waals surface area contributed by atoms with Crippen molar-refractivity contribution in [2.24, 2.45) is 0 Å². The summed E-state index contributed by atoms with van der Waals surface area (Å²) in [4.78, 5) is 0.267. The lowest BCUT2D eigenvalue weighted by Crippen LogP contribution is -2.25. The summed E-state index contributed by atoms with van der Waals surface area (Å²) < 4.78 is 0. The van der Waals surface area contributed by atoms with Crippen LogP contribution in [0.5, 0.6) is 0 Å². The van der Waals surface area contributed by atoms with Crippen LogP contribution in [0.25, 0.3) is 0 Å². The van der Waals surface area contributed by atoms with E-state index >= 15 is 0 Å². The van der Waals surface area contributed by atoms with Gasteiger partial charge < -0.3 is 10.2 Å². The highest BCUT2D eigenvalue weighted by Crippen LogP contribution is 2.12. The van der Waals surface area contributed by atoms with Crippen molar-refractivity contribution < 1.29 is 10.2 Å². The summed E-state index contributed by atoms with van der Waals surface area (Å²) in [5, 5.41) is 18.5. The van der Waals surface area contributed by atoms with Crippen LogP contribution in [0.2, 0.25) is 6.55 Å². The third kappa shape index (κ3) is 7.47. The van der Waals surface area contributed by atoms with Crippen molar-refractivity contribution in [2.75, 3.05) is 6.61 Å². The highest BCUT2D eigenvalue weighted by molar-refractivity contribution is 7.82. The Morgan fingerprint density at radius 1 is 1.19 bits per heavy atom. The molecule has 0 aliphatic carbocycles. The standard InChI is InChI=1S/C12H26O2SSi/c1-3-4-5-6-7-8-9-12(15)16(2)11(14)10-13/h12-15H,3-10H2,1-2H3/b16-11-. The molecule has 1 atom stereocenters. The average molecular weight is 262 g/mol. The van der Waals surface area contributed by atoms with E-state index in [0.29, 0.717) is 0 Å². The molecular formula is C12H26O2SSi. The summed E-state index contributed by atoms with van der Waals surface area (Å²) in [6, 6.07) is 0. The molecule has 0 aliphatic rings. The molecule has 0 saturated heterocycles. The summed E-state index contributed by atoms with van der Waals surface area (Å²) in [6.45, 7) is 4.05. The fourth-order valence-corrected chi connectivity index (χ4v) is 3.55. The maximum Gasteiger partial charge on any atom is 0.0947 e. The second kappa shape index (κ2) is 10.4. The molecule has 0 rings (SSSR count). The fraction of sp³-hybridized carbons (Fsp3) is 0.917. The summed E-state index contributed by atoms with van der Waals surface area (Å²) in [6.07, 6.45) is 8.80. The van der Waals surface area contributed by atoms with Gasteiger partial charge in [-0.2, -0.15) is 12.6 Å². The first-order chi connectivity index (χ1) is 7.63. The molecule has 0 fully saturated rings. The Labute approximate surface area is 107 Å².